The van der Waals surface area contributed by atoms with Crippen molar-refractivity contribution in [1.29, 1.82) is 0 Å². The number of benzene rings is 3. The number of carbonyl (C=O) groups excluding carboxylic acids is 3. The lowest BCUT2D eigenvalue weighted by Gasteiger charge is -2.09. The SMILES string of the molecule is Cc1ccc(C(=O)NNC(=O)c2ccc(NC(=O)c3sc4cc(Br)ccc4c3Cl)cc2)cc1. The number of nitrogens with one attached hydrogen (secondary N) is 3. The van der Waals surface area contributed by atoms with Crippen LogP contribution in [0.25, 0.3) is 10.1 Å². The molecular formula is C24H17BrClN3O3S. The van der Waals surface area contributed by atoms with E-state index in [2.05, 4.69) is 32.1 Å². The van der Waals surface area contributed by atoms with Crippen LogP contribution in [0.3, 0.4) is 0 Å². The average Bonchev–Trinajstić information content (AvgIpc) is 3.13. The molecule has 0 saturated carbocycles. The largest absolute Gasteiger partial charge is 0.321 e. The fourth-order valence-electron chi connectivity index (χ4n) is 3.04. The van der Waals surface area contributed by atoms with Crippen LogP contribution in [-0.4, -0.2) is 17.7 Å². The minimum atomic E-state index is -0.480. The number of fused-ring (bicyclic) bond motifs is 1. The predicted molar refractivity (Wildman–Crippen MR) is 135 cm³/mol. The molecule has 0 atom stereocenters. The Hall–Kier alpha value is -3.20. The molecule has 3 N–H and O–H groups in total. The molecule has 0 aliphatic carbocycles. The molecule has 166 valence electrons. The zero-order chi connectivity index (χ0) is 23.5. The lowest BCUT2D eigenvalue weighted by molar-refractivity contribution is 0.0846. The molecule has 0 aliphatic rings. The molecule has 0 bridgehead atoms. The van der Waals surface area contributed by atoms with Crippen molar-refractivity contribution in [3.8, 4) is 0 Å². The van der Waals surface area contributed by atoms with E-state index < -0.39 is 11.8 Å². The van der Waals surface area contributed by atoms with Gasteiger partial charge >= 0.3 is 0 Å². The molecule has 9 heteroatoms. The molecule has 0 radical (unpaired) electrons. The number of hydrogen-bond acceptors (Lipinski definition) is 4. The van der Waals surface area contributed by atoms with E-state index in [-0.39, 0.29) is 5.91 Å². The summed E-state index contributed by atoms with van der Waals surface area (Å²) in [5, 5.41) is 4.01. The van der Waals surface area contributed by atoms with Gasteiger partial charge in [0.1, 0.15) is 4.88 Å². The molecule has 0 aliphatic heterocycles. The van der Waals surface area contributed by atoms with Crippen LogP contribution in [0.2, 0.25) is 5.02 Å². The van der Waals surface area contributed by atoms with Gasteiger partial charge in [0.2, 0.25) is 0 Å². The molecule has 0 spiro atoms. The highest BCUT2D eigenvalue weighted by Crippen LogP contribution is 2.37. The van der Waals surface area contributed by atoms with Gasteiger partial charge in [-0.2, -0.15) is 0 Å². The quantitative estimate of drug-likeness (QED) is 0.278. The van der Waals surface area contributed by atoms with Crippen LogP contribution in [0.5, 0.6) is 0 Å². The van der Waals surface area contributed by atoms with Crippen LogP contribution < -0.4 is 16.2 Å². The first kappa shape index (κ1) is 23.0. The third-order valence-electron chi connectivity index (χ3n) is 4.81. The first-order valence-electron chi connectivity index (χ1n) is 9.78. The van der Waals surface area contributed by atoms with Crippen LogP contribution in [0, 0.1) is 6.92 Å². The summed E-state index contributed by atoms with van der Waals surface area (Å²) >= 11 is 11.1. The van der Waals surface area contributed by atoms with Crippen molar-refractivity contribution in [2.75, 3.05) is 5.32 Å². The Morgan fingerprint density at radius 1 is 0.818 bits per heavy atom. The van der Waals surface area contributed by atoms with Crippen molar-refractivity contribution in [1.82, 2.24) is 10.9 Å². The molecular weight excluding hydrogens is 526 g/mol. The molecule has 3 aromatic carbocycles. The third kappa shape index (κ3) is 5.24. The minimum absolute atomic E-state index is 0.321. The molecule has 4 aromatic rings. The number of amides is 3. The number of thiophene rings is 1. The van der Waals surface area contributed by atoms with Crippen LogP contribution >= 0.6 is 38.9 Å². The predicted octanol–water partition coefficient (Wildman–Crippen LogP) is 5.95. The van der Waals surface area contributed by atoms with E-state index >= 15 is 0 Å². The van der Waals surface area contributed by atoms with E-state index in [0.717, 1.165) is 20.1 Å². The molecule has 0 unspecified atom stereocenters. The van der Waals surface area contributed by atoms with Crippen molar-refractivity contribution < 1.29 is 14.4 Å². The third-order valence-corrected chi connectivity index (χ3v) is 6.96. The number of aryl methyl sites for hydroxylation is 1. The monoisotopic (exact) mass is 541 g/mol. The van der Waals surface area contributed by atoms with E-state index in [0.29, 0.717) is 26.7 Å². The summed E-state index contributed by atoms with van der Waals surface area (Å²) < 4.78 is 1.81. The summed E-state index contributed by atoms with van der Waals surface area (Å²) in [5.41, 5.74) is 7.06. The van der Waals surface area contributed by atoms with Gasteiger partial charge in [-0.05, 0) is 55.5 Å². The Morgan fingerprint density at radius 3 is 2.00 bits per heavy atom. The minimum Gasteiger partial charge on any atom is -0.321 e. The van der Waals surface area contributed by atoms with Gasteiger partial charge in [-0.15, -0.1) is 11.3 Å². The molecule has 0 fully saturated rings. The van der Waals surface area contributed by atoms with Gasteiger partial charge in [0.05, 0.1) is 5.02 Å². The highest BCUT2D eigenvalue weighted by atomic mass is 79.9. The van der Waals surface area contributed by atoms with E-state index in [4.69, 9.17) is 11.6 Å². The van der Waals surface area contributed by atoms with Gasteiger partial charge in [0.15, 0.2) is 0 Å². The maximum Gasteiger partial charge on any atom is 0.269 e. The number of carbonyl (C=O) groups is 3. The van der Waals surface area contributed by atoms with Crippen LogP contribution in [-0.2, 0) is 0 Å². The maximum absolute atomic E-state index is 12.7. The second-order valence-electron chi connectivity index (χ2n) is 7.19. The number of rotatable bonds is 4. The topological polar surface area (TPSA) is 87.3 Å². The van der Waals surface area contributed by atoms with E-state index in [1.54, 1.807) is 36.4 Å². The zero-order valence-electron chi connectivity index (χ0n) is 17.2. The average molecular weight is 543 g/mol. The highest BCUT2D eigenvalue weighted by Gasteiger charge is 2.18. The second-order valence-corrected chi connectivity index (χ2v) is 9.54. The van der Waals surface area contributed by atoms with Gasteiger partial charge in [0, 0.05) is 31.4 Å². The van der Waals surface area contributed by atoms with Crippen molar-refractivity contribution in [2.45, 2.75) is 6.92 Å². The Kier molecular flexibility index (Phi) is 6.78. The van der Waals surface area contributed by atoms with Gasteiger partial charge in [0.25, 0.3) is 17.7 Å². The molecule has 1 aromatic heterocycles. The van der Waals surface area contributed by atoms with E-state index in [1.165, 1.54) is 11.3 Å². The van der Waals surface area contributed by atoms with E-state index in [1.807, 2.05) is 37.3 Å². The number of hydrogen-bond donors (Lipinski definition) is 3. The molecule has 3 amide bonds. The molecule has 0 saturated heterocycles. The second kappa shape index (κ2) is 9.74. The summed E-state index contributed by atoms with van der Waals surface area (Å²) in [6.45, 7) is 1.92. The molecule has 4 rings (SSSR count). The number of halogens is 2. The summed E-state index contributed by atoms with van der Waals surface area (Å²) in [6.07, 6.45) is 0. The van der Waals surface area contributed by atoms with Gasteiger partial charge in [-0.3, -0.25) is 25.2 Å². The molecule has 33 heavy (non-hydrogen) atoms. The van der Waals surface area contributed by atoms with Crippen LogP contribution in [0.4, 0.5) is 5.69 Å². The van der Waals surface area contributed by atoms with Crippen molar-refractivity contribution in [2.24, 2.45) is 0 Å². The zero-order valence-corrected chi connectivity index (χ0v) is 20.4. The van der Waals surface area contributed by atoms with Gasteiger partial charge in [-0.25, -0.2) is 0 Å². The first-order valence-corrected chi connectivity index (χ1v) is 11.8. The highest BCUT2D eigenvalue weighted by molar-refractivity contribution is 9.10. The van der Waals surface area contributed by atoms with Gasteiger partial charge in [-0.1, -0.05) is 51.3 Å². The Morgan fingerprint density at radius 2 is 1.39 bits per heavy atom. The smallest absolute Gasteiger partial charge is 0.269 e. The Balaban J connectivity index is 1.38. The maximum atomic E-state index is 12.7. The number of hydrazine groups is 1. The van der Waals surface area contributed by atoms with E-state index in [9.17, 15) is 14.4 Å². The van der Waals surface area contributed by atoms with Crippen LogP contribution in [0.15, 0.2) is 71.2 Å². The summed E-state index contributed by atoms with van der Waals surface area (Å²) in [5.74, 6) is -1.23. The lowest BCUT2D eigenvalue weighted by Crippen LogP contribution is -2.41. The Labute approximate surface area is 207 Å². The number of anilines is 1. The lowest BCUT2D eigenvalue weighted by atomic mass is 10.1. The van der Waals surface area contributed by atoms with Gasteiger partial charge < -0.3 is 5.32 Å². The van der Waals surface area contributed by atoms with Crippen molar-refractivity contribution in [3.05, 3.63) is 97.8 Å². The fraction of sp³-hybridized carbons (Fsp3) is 0.0417. The van der Waals surface area contributed by atoms with Crippen molar-refractivity contribution in [3.63, 3.8) is 0 Å². The van der Waals surface area contributed by atoms with Crippen molar-refractivity contribution >= 4 is 72.4 Å². The fourth-order valence-corrected chi connectivity index (χ4v) is 5.00. The molecule has 1 heterocycles. The Bertz CT molecular complexity index is 1370. The summed E-state index contributed by atoms with van der Waals surface area (Å²) in [7, 11) is 0. The normalized spacial score (nSPS) is 10.6. The van der Waals surface area contributed by atoms with Crippen LogP contribution in [0.1, 0.15) is 36.0 Å². The first-order chi connectivity index (χ1) is 15.8. The molecule has 6 nitrogen and oxygen atoms in total. The standard InChI is InChI=1S/C24H17BrClN3O3S/c1-13-2-4-14(5-3-13)22(30)28-29-23(31)15-6-9-17(10-7-15)27-24(32)21-20(26)18-11-8-16(25)12-19(18)33-21/h2-12H,1H3,(H,27,32)(H,28,30)(H,29,31). The summed E-state index contributed by atoms with van der Waals surface area (Å²) in [4.78, 5) is 37.6. The summed E-state index contributed by atoms with van der Waals surface area (Å²) in [6, 6.07) is 18.9.